The third-order valence-electron chi connectivity index (χ3n) is 0.920. The molecule has 0 saturated heterocycles. The molecule has 78 valence electrons. The van der Waals surface area contributed by atoms with Crippen molar-refractivity contribution >= 4 is 20.1 Å². The van der Waals surface area contributed by atoms with E-state index in [1.807, 2.05) is 5.32 Å². The number of nitrogens with one attached hydrogen (secondary N) is 1. The fourth-order valence-corrected chi connectivity index (χ4v) is 0.593. The van der Waals surface area contributed by atoms with Gasteiger partial charge in [-0.15, -0.1) is 4.52 Å². The number of carbonyl (C=O) groups is 2. The molecule has 0 aliphatic rings. The predicted octanol–water partition coefficient (Wildman–Crippen LogP) is -1.18. The maximum atomic E-state index is 10.7. The molecular formula is C6H8NO6P. The van der Waals surface area contributed by atoms with Gasteiger partial charge in [-0.3, -0.25) is 4.79 Å². The van der Waals surface area contributed by atoms with Gasteiger partial charge < -0.3 is 14.9 Å². The molecule has 0 saturated carbocycles. The number of carbonyl (C=O) groups excluding carboxylic acids is 2. The third-order valence-corrected chi connectivity index (χ3v) is 1.26. The topological polar surface area (TPSA) is 105 Å². The van der Waals surface area contributed by atoms with Crippen LogP contribution in [0.25, 0.3) is 0 Å². The van der Waals surface area contributed by atoms with E-state index in [1.165, 1.54) is 6.08 Å². The van der Waals surface area contributed by atoms with E-state index >= 15 is 0 Å². The van der Waals surface area contributed by atoms with Crippen LogP contribution in [-0.4, -0.2) is 25.2 Å². The van der Waals surface area contributed by atoms with Crippen LogP contribution in [0.2, 0.25) is 0 Å². The Morgan fingerprint density at radius 1 is 1.57 bits per heavy atom. The van der Waals surface area contributed by atoms with Crippen molar-refractivity contribution in [3.63, 3.8) is 0 Å². The minimum Gasteiger partial charge on any atom is -0.566 e. The van der Waals surface area contributed by atoms with Crippen molar-refractivity contribution in [2.75, 3.05) is 13.3 Å². The van der Waals surface area contributed by atoms with E-state index in [1.54, 1.807) is 0 Å². The molecule has 8 heteroatoms. The summed E-state index contributed by atoms with van der Waals surface area (Å²) in [7, 11) is -3.04. The first kappa shape index (κ1) is 12.7. The van der Waals surface area contributed by atoms with Crippen molar-refractivity contribution in [3.05, 3.63) is 12.7 Å². The molecule has 7 nitrogen and oxygen atoms in total. The van der Waals surface area contributed by atoms with Gasteiger partial charge in [-0.2, -0.15) is 0 Å². The Labute approximate surface area is 80.6 Å². The Bertz CT molecular complexity index is 253. The van der Waals surface area contributed by atoms with Gasteiger partial charge >= 0.3 is 20.1 Å². The summed E-state index contributed by atoms with van der Waals surface area (Å²) in [6.45, 7) is 2.57. The van der Waals surface area contributed by atoms with Crippen molar-refractivity contribution in [2.24, 2.45) is 0 Å². The molecule has 0 aliphatic carbocycles. The second-order valence-electron chi connectivity index (χ2n) is 1.89. The van der Waals surface area contributed by atoms with Gasteiger partial charge in [0.25, 0.3) is 0 Å². The summed E-state index contributed by atoms with van der Waals surface area (Å²) in [6, 6.07) is 0. The zero-order valence-corrected chi connectivity index (χ0v) is 7.99. The Balaban J connectivity index is 3.67. The van der Waals surface area contributed by atoms with Crippen LogP contribution in [0.15, 0.2) is 12.7 Å². The van der Waals surface area contributed by atoms with Crippen molar-refractivity contribution in [1.82, 2.24) is 5.32 Å². The number of esters is 1. The third kappa shape index (κ3) is 6.24. The van der Waals surface area contributed by atoms with E-state index < -0.39 is 26.9 Å². The Morgan fingerprint density at radius 2 is 2.21 bits per heavy atom. The van der Waals surface area contributed by atoms with E-state index in [0.29, 0.717) is 0 Å². The summed E-state index contributed by atoms with van der Waals surface area (Å²) >= 11 is 0. The minimum atomic E-state index is -3.04. The summed E-state index contributed by atoms with van der Waals surface area (Å²) in [5.74, 6) is -2.21. The van der Waals surface area contributed by atoms with Crippen LogP contribution in [0.5, 0.6) is 0 Å². The molecule has 0 radical (unpaired) electrons. The lowest BCUT2D eigenvalue weighted by atomic mass is 10.6. The number of hydrogen-bond acceptors (Lipinski definition) is 6. The van der Waals surface area contributed by atoms with Crippen molar-refractivity contribution in [3.8, 4) is 0 Å². The van der Waals surface area contributed by atoms with Crippen molar-refractivity contribution < 1.29 is 28.3 Å². The summed E-state index contributed by atoms with van der Waals surface area (Å²) in [5, 5.41) is 1.87. The van der Waals surface area contributed by atoms with Gasteiger partial charge in [-0.25, -0.2) is 4.79 Å². The normalized spacial score (nSPS) is 10.2. The SMILES string of the molecule is C=CCOC(=O)C(=O)NCO[P+](=O)[O-]. The van der Waals surface area contributed by atoms with E-state index in [-0.39, 0.29) is 6.61 Å². The first-order valence-electron chi connectivity index (χ1n) is 3.41. The number of rotatable bonds is 5. The maximum Gasteiger partial charge on any atom is 0.490 e. The zero-order valence-electron chi connectivity index (χ0n) is 7.10. The summed E-state index contributed by atoms with van der Waals surface area (Å²) in [5.41, 5.74) is 0. The second kappa shape index (κ2) is 7.14. The minimum absolute atomic E-state index is 0.0943. The smallest absolute Gasteiger partial charge is 0.490 e. The first-order chi connectivity index (χ1) is 6.57. The molecule has 1 unspecified atom stereocenters. The molecule has 0 aliphatic heterocycles. The average Bonchev–Trinajstić information content (AvgIpc) is 2.13. The van der Waals surface area contributed by atoms with Gasteiger partial charge in [0.1, 0.15) is 6.61 Å². The molecule has 0 aromatic heterocycles. The molecule has 1 amide bonds. The lowest BCUT2D eigenvalue weighted by Crippen LogP contribution is -2.33. The monoisotopic (exact) mass is 221 g/mol. The quantitative estimate of drug-likeness (QED) is 0.206. The summed E-state index contributed by atoms with van der Waals surface area (Å²) in [4.78, 5) is 31.3. The highest BCUT2D eigenvalue weighted by molar-refractivity contribution is 7.30. The Hall–Kier alpha value is -1.30. The molecule has 0 bridgehead atoms. The molecule has 0 spiro atoms. The van der Waals surface area contributed by atoms with Gasteiger partial charge in [0.05, 0.1) is 0 Å². The van der Waals surface area contributed by atoms with Crippen LogP contribution in [-0.2, 0) is 23.4 Å². The highest BCUT2D eigenvalue weighted by Crippen LogP contribution is 2.05. The lowest BCUT2D eigenvalue weighted by Gasteiger charge is -2.00. The van der Waals surface area contributed by atoms with Gasteiger partial charge in [0.2, 0.25) is 0 Å². The standard InChI is InChI=1S/C6H8NO6P/c1-2-3-12-6(9)5(8)7-4-13-14(10)11/h2H,1,3-4H2,(H,7,8). The van der Waals surface area contributed by atoms with E-state index in [4.69, 9.17) is 0 Å². The Kier molecular flexibility index (Phi) is 6.47. The first-order valence-corrected chi connectivity index (χ1v) is 4.50. The fraction of sp³-hybridized carbons (Fsp3) is 0.333. The molecule has 1 N–H and O–H groups in total. The summed E-state index contributed by atoms with van der Waals surface area (Å²) in [6.07, 6.45) is 1.29. The molecule has 1 atom stereocenters. The second-order valence-corrected chi connectivity index (χ2v) is 2.60. The molecule has 14 heavy (non-hydrogen) atoms. The number of hydrogen-bond donors (Lipinski definition) is 1. The number of ether oxygens (including phenoxy) is 1. The molecule has 0 aromatic rings. The molecular weight excluding hydrogens is 213 g/mol. The van der Waals surface area contributed by atoms with Crippen LogP contribution in [0, 0.1) is 0 Å². The molecule has 0 heterocycles. The molecule has 0 aromatic carbocycles. The van der Waals surface area contributed by atoms with E-state index in [9.17, 15) is 19.0 Å². The predicted molar refractivity (Wildman–Crippen MR) is 42.9 cm³/mol. The van der Waals surface area contributed by atoms with Crippen molar-refractivity contribution in [1.29, 1.82) is 0 Å². The Morgan fingerprint density at radius 3 is 2.71 bits per heavy atom. The van der Waals surface area contributed by atoms with Gasteiger partial charge in [-0.1, -0.05) is 12.7 Å². The average molecular weight is 221 g/mol. The van der Waals surface area contributed by atoms with Gasteiger partial charge in [0, 0.05) is 0 Å². The van der Waals surface area contributed by atoms with Gasteiger partial charge in [-0.05, 0) is 4.57 Å². The van der Waals surface area contributed by atoms with Crippen LogP contribution < -0.4 is 10.2 Å². The highest BCUT2D eigenvalue weighted by Gasteiger charge is 2.15. The van der Waals surface area contributed by atoms with Crippen LogP contribution in [0.1, 0.15) is 0 Å². The highest BCUT2D eigenvalue weighted by atomic mass is 31.1. The molecule has 0 rings (SSSR count). The largest absolute Gasteiger partial charge is 0.566 e. The van der Waals surface area contributed by atoms with E-state index in [2.05, 4.69) is 15.8 Å². The molecule has 0 fully saturated rings. The zero-order chi connectivity index (χ0) is 11.0. The van der Waals surface area contributed by atoms with Crippen LogP contribution in [0.4, 0.5) is 0 Å². The van der Waals surface area contributed by atoms with Crippen LogP contribution in [0.3, 0.4) is 0 Å². The van der Waals surface area contributed by atoms with Gasteiger partial charge in [0.15, 0.2) is 6.73 Å². The van der Waals surface area contributed by atoms with E-state index in [0.717, 1.165) is 0 Å². The maximum absolute atomic E-state index is 10.7. The van der Waals surface area contributed by atoms with Crippen molar-refractivity contribution in [2.45, 2.75) is 0 Å². The number of amides is 1. The fourth-order valence-electron chi connectivity index (χ4n) is 0.423. The van der Waals surface area contributed by atoms with Crippen LogP contribution >= 0.6 is 8.25 Å². The lowest BCUT2D eigenvalue weighted by molar-refractivity contribution is -0.186. The summed E-state index contributed by atoms with van der Waals surface area (Å²) < 4.78 is 18.2.